The van der Waals surface area contributed by atoms with Gasteiger partial charge in [-0.1, -0.05) is 32.0 Å². The Kier molecular flexibility index (Phi) is 6.23. The number of primary amides is 1. The fourth-order valence-electron chi connectivity index (χ4n) is 3.28. The van der Waals surface area contributed by atoms with Crippen LogP contribution >= 0.6 is 11.3 Å². The van der Waals surface area contributed by atoms with E-state index in [0.29, 0.717) is 21.6 Å². The maximum atomic E-state index is 13.0. The summed E-state index contributed by atoms with van der Waals surface area (Å²) in [4.78, 5) is 24.2. The van der Waals surface area contributed by atoms with Gasteiger partial charge in [-0.15, -0.1) is 11.3 Å². The lowest BCUT2D eigenvalue weighted by Crippen LogP contribution is -2.25. The molecule has 5 N–H and O–H groups in total. The number of rotatable bonds is 6. The van der Waals surface area contributed by atoms with E-state index >= 15 is 0 Å². The van der Waals surface area contributed by atoms with E-state index < -0.39 is 22.0 Å². The predicted molar refractivity (Wildman–Crippen MR) is 124 cm³/mol. The molecular weight excluding hydrogens is 436 g/mol. The zero-order valence-corrected chi connectivity index (χ0v) is 19.2. The Morgan fingerprint density at radius 2 is 1.81 bits per heavy atom. The molecule has 2 aromatic carbocycles. The first-order valence-electron chi connectivity index (χ1n) is 9.52. The second kappa shape index (κ2) is 8.56. The monoisotopic (exact) mass is 460 g/mol. The van der Waals surface area contributed by atoms with Crippen LogP contribution in [0.3, 0.4) is 0 Å². The lowest BCUT2D eigenvalue weighted by Gasteiger charge is -2.14. The molecule has 0 aliphatic carbocycles. The Balaban J connectivity index is 2.20. The highest BCUT2D eigenvalue weighted by molar-refractivity contribution is 7.92. The molecule has 0 aliphatic rings. The molecule has 164 valence electrons. The topological polar surface area (TPSA) is 130 Å². The van der Waals surface area contributed by atoms with Crippen LogP contribution in [0.2, 0.25) is 0 Å². The van der Waals surface area contributed by atoms with Gasteiger partial charge in [0.15, 0.2) is 0 Å². The van der Waals surface area contributed by atoms with Crippen molar-refractivity contribution >= 4 is 54.1 Å². The molecule has 1 heterocycles. The maximum Gasteiger partial charge on any atom is 0.319 e. The van der Waals surface area contributed by atoms with Crippen molar-refractivity contribution in [2.45, 2.75) is 31.6 Å². The number of aryl methyl sites for hydroxylation is 1. The van der Waals surface area contributed by atoms with Crippen molar-refractivity contribution in [2.24, 2.45) is 5.73 Å². The minimum Gasteiger partial charge on any atom is -0.365 e. The van der Waals surface area contributed by atoms with Gasteiger partial charge in [-0.05, 0) is 42.2 Å². The van der Waals surface area contributed by atoms with Crippen molar-refractivity contribution in [3.05, 3.63) is 53.1 Å². The van der Waals surface area contributed by atoms with E-state index in [0.717, 1.165) is 10.3 Å². The molecule has 0 fully saturated rings. The van der Waals surface area contributed by atoms with Gasteiger partial charge in [0, 0.05) is 22.8 Å². The molecule has 3 amide bonds. The standard InChI is InChI=1S/C21H24N4O4S2/c1-11(2)14-9-13(25-31(28,29)16-8-6-5-7-12(16)3)10-15-17(19(22)26)20(30-18(14)15)24-21(27)23-4/h5-11,25H,1-4H3,(H2,22,26)(H2,23,24,27). The van der Waals surface area contributed by atoms with E-state index in [-0.39, 0.29) is 16.4 Å². The number of carbonyl (C=O) groups is 2. The van der Waals surface area contributed by atoms with Crippen LogP contribution in [0.5, 0.6) is 0 Å². The zero-order valence-electron chi connectivity index (χ0n) is 17.6. The molecule has 10 heteroatoms. The van der Waals surface area contributed by atoms with Gasteiger partial charge < -0.3 is 11.1 Å². The second-order valence-electron chi connectivity index (χ2n) is 7.34. The number of fused-ring (bicyclic) bond motifs is 1. The normalized spacial score (nSPS) is 11.5. The number of hydrogen-bond donors (Lipinski definition) is 4. The SMILES string of the molecule is CNC(=O)Nc1sc2c(C(C)C)cc(NS(=O)(=O)c3ccccc3C)cc2c1C(N)=O. The highest BCUT2D eigenvalue weighted by Crippen LogP contribution is 2.42. The van der Waals surface area contributed by atoms with Gasteiger partial charge in [-0.2, -0.15) is 0 Å². The van der Waals surface area contributed by atoms with E-state index in [1.807, 2.05) is 13.8 Å². The number of anilines is 2. The quantitative estimate of drug-likeness (QED) is 0.443. The first-order valence-corrected chi connectivity index (χ1v) is 11.8. The Hall–Kier alpha value is -3.11. The van der Waals surface area contributed by atoms with Crippen LogP contribution < -0.4 is 21.1 Å². The maximum absolute atomic E-state index is 13.0. The molecule has 0 saturated heterocycles. The summed E-state index contributed by atoms with van der Waals surface area (Å²) < 4.78 is 29.3. The van der Waals surface area contributed by atoms with Gasteiger partial charge in [0.05, 0.1) is 10.5 Å². The molecule has 8 nitrogen and oxygen atoms in total. The van der Waals surface area contributed by atoms with Crippen LogP contribution in [-0.4, -0.2) is 27.4 Å². The van der Waals surface area contributed by atoms with Crippen LogP contribution in [-0.2, 0) is 10.0 Å². The summed E-state index contributed by atoms with van der Waals surface area (Å²) >= 11 is 1.23. The average Bonchev–Trinajstić information content (AvgIpc) is 3.04. The molecule has 0 bridgehead atoms. The number of thiophene rings is 1. The minimum absolute atomic E-state index is 0.0256. The molecular formula is C21H24N4O4S2. The summed E-state index contributed by atoms with van der Waals surface area (Å²) in [5.41, 5.74) is 7.51. The Morgan fingerprint density at radius 1 is 1.13 bits per heavy atom. The molecule has 0 radical (unpaired) electrons. The summed E-state index contributed by atoms with van der Waals surface area (Å²) in [7, 11) is -2.38. The summed E-state index contributed by atoms with van der Waals surface area (Å²) in [6.45, 7) is 5.64. The molecule has 3 aromatic rings. The van der Waals surface area contributed by atoms with Crippen molar-refractivity contribution in [3.8, 4) is 0 Å². The number of nitrogens with one attached hydrogen (secondary N) is 3. The summed E-state index contributed by atoms with van der Waals surface area (Å²) in [6.07, 6.45) is 0. The van der Waals surface area contributed by atoms with Gasteiger partial charge in [0.25, 0.3) is 15.9 Å². The molecule has 0 atom stereocenters. The van der Waals surface area contributed by atoms with Gasteiger partial charge in [0.1, 0.15) is 5.00 Å². The minimum atomic E-state index is -3.85. The lowest BCUT2D eigenvalue weighted by atomic mass is 9.99. The number of urea groups is 1. The van der Waals surface area contributed by atoms with Gasteiger partial charge in [0.2, 0.25) is 0 Å². The van der Waals surface area contributed by atoms with E-state index in [9.17, 15) is 18.0 Å². The first kappa shape index (κ1) is 22.6. The molecule has 0 spiro atoms. The largest absolute Gasteiger partial charge is 0.365 e. The second-order valence-corrected chi connectivity index (χ2v) is 10.0. The van der Waals surface area contributed by atoms with Crippen LogP contribution in [0, 0.1) is 6.92 Å². The van der Waals surface area contributed by atoms with E-state index in [1.165, 1.54) is 24.5 Å². The van der Waals surface area contributed by atoms with Crippen LogP contribution in [0.15, 0.2) is 41.3 Å². The molecule has 0 unspecified atom stereocenters. The van der Waals surface area contributed by atoms with Gasteiger partial charge in [-0.3, -0.25) is 14.8 Å². The predicted octanol–water partition coefficient (Wildman–Crippen LogP) is 3.98. The Bertz CT molecular complexity index is 1280. The number of carbonyl (C=O) groups excluding carboxylic acids is 2. The van der Waals surface area contributed by atoms with E-state index in [1.54, 1.807) is 37.3 Å². The summed E-state index contributed by atoms with van der Waals surface area (Å²) in [5, 5.41) is 5.86. The molecule has 3 rings (SSSR count). The summed E-state index contributed by atoms with van der Waals surface area (Å²) in [6, 6.07) is 9.51. The molecule has 0 aliphatic heterocycles. The van der Waals surface area contributed by atoms with Crippen molar-refractivity contribution in [2.75, 3.05) is 17.1 Å². The van der Waals surface area contributed by atoms with Crippen LogP contribution in [0.4, 0.5) is 15.5 Å². The summed E-state index contributed by atoms with van der Waals surface area (Å²) in [5.74, 6) is -0.691. The number of nitrogens with two attached hydrogens (primary N) is 1. The fourth-order valence-corrected chi connectivity index (χ4v) is 5.91. The average molecular weight is 461 g/mol. The van der Waals surface area contributed by atoms with Gasteiger partial charge in [-0.25, -0.2) is 13.2 Å². The number of hydrogen-bond acceptors (Lipinski definition) is 5. The van der Waals surface area contributed by atoms with Crippen molar-refractivity contribution in [1.29, 1.82) is 0 Å². The number of benzene rings is 2. The third-order valence-electron chi connectivity index (χ3n) is 4.78. The molecule has 31 heavy (non-hydrogen) atoms. The van der Waals surface area contributed by atoms with Crippen LogP contribution in [0.1, 0.15) is 41.3 Å². The third-order valence-corrected chi connectivity index (χ3v) is 7.49. The van der Waals surface area contributed by atoms with E-state index in [4.69, 9.17) is 5.73 Å². The Morgan fingerprint density at radius 3 is 2.39 bits per heavy atom. The number of sulfonamides is 1. The van der Waals surface area contributed by atoms with Gasteiger partial charge >= 0.3 is 6.03 Å². The highest BCUT2D eigenvalue weighted by Gasteiger charge is 2.24. The molecule has 1 aromatic heterocycles. The van der Waals surface area contributed by atoms with Crippen molar-refractivity contribution < 1.29 is 18.0 Å². The highest BCUT2D eigenvalue weighted by atomic mass is 32.2. The van der Waals surface area contributed by atoms with E-state index in [2.05, 4.69) is 15.4 Å². The van der Waals surface area contributed by atoms with Crippen molar-refractivity contribution in [1.82, 2.24) is 5.32 Å². The number of amides is 3. The fraction of sp³-hybridized carbons (Fsp3) is 0.238. The first-order chi connectivity index (χ1) is 14.5. The zero-order chi connectivity index (χ0) is 22.9. The van der Waals surface area contributed by atoms with Crippen LogP contribution in [0.25, 0.3) is 10.1 Å². The van der Waals surface area contributed by atoms with Crippen molar-refractivity contribution in [3.63, 3.8) is 0 Å². The lowest BCUT2D eigenvalue weighted by molar-refractivity contribution is 0.100. The third kappa shape index (κ3) is 4.49. The smallest absolute Gasteiger partial charge is 0.319 e. The molecule has 0 saturated carbocycles. The Labute approximate surface area is 184 Å².